The number of benzene rings is 1. The van der Waals surface area contributed by atoms with Gasteiger partial charge in [0.05, 0.1) is 22.6 Å². The summed E-state index contributed by atoms with van der Waals surface area (Å²) < 4.78 is 0. The van der Waals surface area contributed by atoms with Gasteiger partial charge in [-0.3, -0.25) is 14.7 Å². The Kier molecular flexibility index (Phi) is 3.74. The van der Waals surface area contributed by atoms with Gasteiger partial charge in [0.15, 0.2) is 0 Å². The maximum absolute atomic E-state index is 11.8. The third kappa shape index (κ3) is 2.45. The molecule has 1 aromatic heterocycles. The van der Waals surface area contributed by atoms with E-state index in [2.05, 4.69) is 26.8 Å². The van der Waals surface area contributed by atoms with E-state index in [-0.39, 0.29) is 0 Å². The molecule has 24 heavy (non-hydrogen) atoms. The number of aromatic nitrogens is 1. The van der Waals surface area contributed by atoms with Crippen LogP contribution < -0.4 is 9.80 Å². The fraction of sp³-hybridized carbons (Fsp3) is 0.278. The number of carbonyl (C=O) groups is 1. The van der Waals surface area contributed by atoms with Crippen LogP contribution in [0.4, 0.5) is 22.9 Å². The number of carbonyl (C=O) groups excluding carboxylic acids is 1. The Hall–Kier alpha value is -2.73. The lowest BCUT2D eigenvalue weighted by molar-refractivity contribution is -0.106. The number of amides is 1. The van der Waals surface area contributed by atoms with Crippen LogP contribution >= 0.6 is 0 Å². The van der Waals surface area contributed by atoms with Crippen molar-refractivity contribution < 1.29 is 4.79 Å². The van der Waals surface area contributed by atoms with E-state index in [1.165, 1.54) is 0 Å². The molecule has 1 fully saturated rings. The van der Waals surface area contributed by atoms with Crippen LogP contribution in [0.1, 0.15) is 5.56 Å². The molecule has 2 aliphatic rings. The number of para-hydroxylation sites is 2. The molecule has 0 radical (unpaired) electrons. The molecule has 2 aromatic rings. The summed E-state index contributed by atoms with van der Waals surface area (Å²) in [7, 11) is 2.13. The molecule has 0 atom stereocenters. The van der Waals surface area contributed by atoms with Gasteiger partial charge in [0.1, 0.15) is 5.82 Å². The second kappa shape index (κ2) is 6.05. The predicted molar refractivity (Wildman–Crippen MR) is 95.8 cm³/mol. The second-order valence-electron chi connectivity index (χ2n) is 6.08. The van der Waals surface area contributed by atoms with Gasteiger partial charge in [-0.15, -0.1) is 0 Å². The Labute approximate surface area is 141 Å². The number of pyridine rings is 1. The first-order valence-electron chi connectivity index (χ1n) is 8.08. The first-order chi connectivity index (χ1) is 11.8. The number of hydrogen-bond donors (Lipinski definition) is 0. The molecule has 0 saturated carbocycles. The van der Waals surface area contributed by atoms with Crippen molar-refractivity contribution in [3.63, 3.8) is 0 Å². The maximum atomic E-state index is 11.8. The summed E-state index contributed by atoms with van der Waals surface area (Å²) in [5.41, 5.74) is 3.29. The number of hydrogen-bond acceptors (Lipinski definition) is 5. The van der Waals surface area contributed by atoms with E-state index in [0.29, 0.717) is 0 Å². The normalized spacial score (nSPS) is 17.2. The van der Waals surface area contributed by atoms with E-state index in [4.69, 9.17) is 0 Å². The van der Waals surface area contributed by atoms with Crippen molar-refractivity contribution >= 4 is 35.5 Å². The quantitative estimate of drug-likeness (QED) is 0.796. The highest BCUT2D eigenvalue weighted by Gasteiger charge is 2.24. The summed E-state index contributed by atoms with van der Waals surface area (Å²) in [5.74, 6) is 0.893. The van der Waals surface area contributed by atoms with Gasteiger partial charge in [0, 0.05) is 38.6 Å². The molecular weight excluding hydrogens is 302 g/mol. The zero-order chi connectivity index (χ0) is 16.5. The van der Waals surface area contributed by atoms with Crippen LogP contribution in [0.3, 0.4) is 0 Å². The van der Waals surface area contributed by atoms with E-state index >= 15 is 0 Å². The van der Waals surface area contributed by atoms with Gasteiger partial charge in [-0.25, -0.2) is 4.98 Å². The van der Waals surface area contributed by atoms with E-state index < -0.39 is 0 Å². The number of nitrogens with zero attached hydrogens (tertiary/aromatic N) is 5. The molecule has 4 rings (SSSR count). The molecule has 1 aromatic carbocycles. The average Bonchev–Trinajstić information content (AvgIpc) is 2.78. The Morgan fingerprint density at radius 1 is 1.04 bits per heavy atom. The van der Waals surface area contributed by atoms with Crippen molar-refractivity contribution in [2.24, 2.45) is 4.99 Å². The average molecular weight is 321 g/mol. The van der Waals surface area contributed by atoms with Gasteiger partial charge in [-0.2, -0.15) is 0 Å². The number of likely N-dealkylation sites (N-methyl/N-ethyl adjacent to an activating group) is 1. The molecule has 0 unspecified atom stereocenters. The highest BCUT2D eigenvalue weighted by molar-refractivity contribution is 6.05. The number of aliphatic imine (C=N–C) groups is 1. The van der Waals surface area contributed by atoms with Crippen molar-refractivity contribution in [3.05, 3.63) is 42.1 Å². The molecule has 6 heteroatoms. The molecule has 0 spiro atoms. The topological polar surface area (TPSA) is 52.0 Å². The van der Waals surface area contributed by atoms with Gasteiger partial charge in [0.2, 0.25) is 6.41 Å². The number of fused-ring (bicyclic) bond motifs is 2. The van der Waals surface area contributed by atoms with Crippen molar-refractivity contribution in [2.75, 3.05) is 43.0 Å². The maximum Gasteiger partial charge on any atom is 0.218 e. The first kappa shape index (κ1) is 14.8. The molecule has 1 saturated heterocycles. The Balaban J connectivity index is 1.82. The van der Waals surface area contributed by atoms with Crippen molar-refractivity contribution in [1.29, 1.82) is 0 Å². The lowest BCUT2D eigenvalue weighted by Crippen LogP contribution is -2.45. The van der Waals surface area contributed by atoms with Crippen LogP contribution in [0.25, 0.3) is 0 Å². The molecule has 122 valence electrons. The largest absolute Gasteiger partial charge is 0.353 e. The zero-order valence-electron chi connectivity index (χ0n) is 13.6. The monoisotopic (exact) mass is 321 g/mol. The summed E-state index contributed by atoms with van der Waals surface area (Å²) in [4.78, 5) is 27.2. The Bertz CT molecular complexity index is 796. The Morgan fingerprint density at radius 3 is 2.62 bits per heavy atom. The number of anilines is 3. The van der Waals surface area contributed by atoms with Crippen LogP contribution in [0.15, 0.2) is 41.5 Å². The van der Waals surface area contributed by atoms with Crippen LogP contribution in [-0.2, 0) is 4.79 Å². The van der Waals surface area contributed by atoms with Crippen molar-refractivity contribution in [3.8, 4) is 0 Å². The van der Waals surface area contributed by atoms with E-state index in [1.54, 1.807) is 11.1 Å². The van der Waals surface area contributed by atoms with Crippen LogP contribution in [0.5, 0.6) is 0 Å². The van der Waals surface area contributed by atoms with Crippen LogP contribution in [0.2, 0.25) is 0 Å². The summed E-state index contributed by atoms with van der Waals surface area (Å²) in [6.07, 6.45) is 4.45. The lowest BCUT2D eigenvalue weighted by atomic mass is 10.1. The highest BCUT2D eigenvalue weighted by Crippen LogP contribution is 2.39. The highest BCUT2D eigenvalue weighted by atomic mass is 16.1. The van der Waals surface area contributed by atoms with Crippen molar-refractivity contribution in [1.82, 2.24) is 9.88 Å². The molecule has 3 heterocycles. The van der Waals surface area contributed by atoms with Gasteiger partial charge in [-0.05, 0) is 25.2 Å². The van der Waals surface area contributed by atoms with Gasteiger partial charge >= 0.3 is 0 Å². The molecule has 0 aliphatic carbocycles. The van der Waals surface area contributed by atoms with Crippen LogP contribution in [-0.4, -0.2) is 55.7 Å². The lowest BCUT2D eigenvalue weighted by Gasteiger charge is -2.34. The fourth-order valence-electron chi connectivity index (χ4n) is 3.21. The minimum atomic E-state index is 0.783. The molecule has 6 nitrogen and oxygen atoms in total. The molecule has 2 aliphatic heterocycles. The molecule has 1 amide bonds. The van der Waals surface area contributed by atoms with Crippen LogP contribution in [0, 0.1) is 0 Å². The summed E-state index contributed by atoms with van der Waals surface area (Å²) in [5, 5.41) is 0. The standard InChI is InChI=1S/C18H19N5O/c1-21-8-10-22(11-9-21)18-14-12-20-15-4-2-3-5-17(15)23(13-24)16(14)6-7-19-18/h2-7,12-13H,8-11H2,1H3. The minimum Gasteiger partial charge on any atom is -0.353 e. The fourth-order valence-corrected chi connectivity index (χ4v) is 3.21. The van der Waals surface area contributed by atoms with Crippen molar-refractivity contribution in [2.45, 2.75) is 0 Å². The Morgan fingerprint density at radius 2 is 1.83 bits per heavy atom. The SMILES string of the molecule is CN1CCN(c2nccc3c2C=Nc2ccccc2N3C=O)CC1. The van der Waals surface area contributed by atoms with Gasteiger partial charge < -0.3 is 9.80 Å². The molecular formula is C18H19N5O. The third-order valence-corrected chi connectivity index (χ3v) is 4.59. The molecule has 0 bridgehead atoms. The second-order valence-corrected chi connectivity index (χ2v) is 6.08. The third-order valence-electron chi connectivity index (χ3n) is 4.59. The minimum absolute atomic E-state index is 0.783. The van der Waals surface area contributed by atoms with E-state index in [0.717, 1.165) is 61.0 Å². The number of rotatable bonds is 2. The number of piperazine rings is 1. The zero-order valence-corrected chi connectivity index (χ0v) is 13.6. The van der Waals surface area contributed by atoms with E-state index in [9.17, 15) is 4.79 Å². The first-order valence-corrected chi connectivity index (χ1v) is 8.08. The summed E-state index contributed by atoms with van der Waals surface area (Å²) in [6.45, 7) is 3.84. The smallest absolute Gasteiger partial charge is 0.218 e. The van der Waals surface area contributed by atoms with E-state index in [1.807, 2.05) is 36.5 Å². The molecule has 0 N–H and O–H groups in total. The summed E-state index contributed by atoms with van der Waals surface area (Å²) in [6, 6.07) is 9.54. The van der Waals surface area contributed by atoms with Gasteiger partial charge in [-0.1, -0.05) is 12.1 Å². The predicted octanol–water partition coefficient (Wildman–Crippen LogP) is 2.19. The summed E-state index contributed by atoms with van der Waals surface area (Å²) >= 11 is 0. The van der Waals surface area contributed by atoms with Gasteiger partial charge in [0.25, 0.3) is 0 Å².